The molecule has 0 saturated heterocycles. The van der Waals surface area contributed by atoms with E-state index in [4.69, 9.17) is 4.98 Å². The smallest absolute Gasteiger partial charge is 0.171 e. The Bertz CT molecular complexity index is 3970. The summed E-state index contributed by atoms with van der Waals surface area (Å²) in [5.74, 6) is 0. The third-order valence-corrected chi connectivity index (χ3v) is 16.0. The van der Waals surface area contributed by atoms with E-state index in [-0.39, 0.29) is 0 Å². The van der Waals surface area contributed by atoms with Gasteiger partial charge in [0, 0.05) is 32.1 Å². The number of fused-ring (bicyclic) bond motifs is 15. The van der Waals surface area contributed by atoms with Gasteiger partial charge in [-0.15, -0.1) is 0 Å². The summed E-state index contributed by atoms with van der Waals surface area (Å²) in [5.41, 5.74) is 6.50. The molecule has 0 unspecified atom stereocenters. The highest BCUT2D eigenvalue weighted by Gasteiger charge is 2.31. The van der Waals surface area contributed by atoms with Crippen LogP contribution in [0.25, 0.3) is 103 Å². The fraction of sp³-hybridized carbons (Fsp3) is 0. The molecule has 0 atom stereocenters. The SMILES string of the molecule is O=P(c1ccc2ccccc2c1)(c1ccc2ccccc2c1)c1ccc2c(ccc3cc(-c4ccc5c6c7ccccc7ccc6c6nc7ccccc7n6c5c4)ccc32)c1. The maximum absolute atomic E-state index is 16.0. The van der Waals surface area contributed by atoms with Crippen LogP contribution in [0.2, 0.25) is 0 Å². The number of pyridine rings is 1. The Balaban J connectivity index is 0.969. The van der Waals surface area contributed by atoms with E-state index in [1.54, 1.807) is 0 Å². The molecule has 11 aromatic carbocycles. The molecular formula is C57H35N2OP. The Morgan fingerprint density at radius 3 is 1.56 bits per heavy atom. The number of imidazole rings is 1. The van der Waals surface area contributed by atoms with Crippen LogP contribution in [0.1, 0.15) is 0 Å². The van der Waals surface area contributed by atoms with E-state index in [9.17, 15) is 0 Å². The topological polar surface area (TPSA) is 34.4 Å². The monoisotopic (exact) mass is 794 g/mol. The summed E-state index contributed by atoms with van der Waals surface area (Å²) in [7, 11) is -3.28. The lowest BCUT2D eigenvalue weighted by Crippen LogP contribution is -2.25. The highest BCUT2D eigenvalue weighted by Crippen LogP contribution is 2.45. The zero-order valence-electron chi connectivity index (χ0n) is 33.0. The second-order valence-corrected chi connectivity index (χ2v) is 19.0. The van der Waals surface area contributed by atoms with Crippen molar-refractivity contribution in [2.45, 2.75) is 0 Å². The summed E-state index contributed by atoms with van der Waals surface area (Å²) in [6.45, 7) is 0. The third kappa shape index (κ3) is 5.11. The van der Waals surface area contributed by atoms with Crippen LogP contribution in [0, 0.1) is 0 Å². The summed E-state index contributed by atoms with van der Waals surface area (Å²) in [5, 5.41) is 17.5. The molecule has 13 rings (SSSR count). The molecule has 3 nitrogen and oxygen atoms in total. The maximum atomic E-state index is 16.0. The van der Waals surface area contributed by atoms with Gasteiger partial charge in [0.1, 0.15) is 5.65 Å². The lowest BCUT2D eigenvalue weighted by Gasteiger charge is -2.22. The van der Waals surface area contributed by atoms with Crippen LogP contribution in [0.4, 0.5) is 0 Å². The van der Waals surface area contributed by atoms with Gasteiger partial charge in [-0.3, -0.25) is 4.40 Å². The van der Waals surface area contributed by atoms with Gasteiger partial charge in [0.2, 0.25) is 0 Å². The van der Waals surface area contributed by atoms with Crippen molar-refractivity contribution in [3.05, 3.63) is 212 Å². The molecule has 0 fully saturated rings. The van der Waals surface area contributed by atoms with Crippen molar-refractivity contribution in [1.82, 2.24) is 9.38 Å². The van der Waals surface area contributed by atoms with Crippen molar-refractivity contribution in [2.24, 2.45) is 0 Å². The largest absolute Gasteiger partial charge is 0.309 e. The van der Waals surface area contributed by atoms with Crippen LogP contribution in [0.5, 0.6) is 0 Å². The van der Waals surface area contributed by atoms with Gasteiger partial charge >= 0.3 is 0 Å². The summed E-state index contributed by atoms with van der Waals surface area (Å²) in [4.78, 5) is 5.20. The second kappa shape index (κ2) is 13.0. The van der Waals surface area contributed by atoms with E-state index in [0.29, 0.717) is 0 Å². The standard InChI is InChI=1S/C57H35N2OP/c60-61(45-24-19-36-9-1-3-12-39(36)32-45,46-25-20-37-10-2-4-13-40(37)33-46)47-26-30-49-44(34-47)18-17-43-31-41(22-27-48(43)49)42-23-28-51-55(35-42)59-54-16-8-7-15-53(54)58-57(59)52-29-21-38-11-5-6-14-50(38)56(51)52/h1-35H. The minimum absolute atomic E-state index is 0.830. The molecule has 0 aliphatic heterocycles. The normalized spacial score (nSPS) is 12.3. The van der Waals surface area contributed by atoms with Crippen LogP contribution >= 0.6 is 7.14 Å². The lowest BCUT2D eigenvalue weighted by atomic mass is 9.95. The summed E-state index contributed by atoms with van der Waals surface area (Å²) < 4.78 is 18.3. The van der Waals surface area contributed by atoms with Crippen LogP contribution in [0.15, 0.2) is 212 Å². The van der Waals surface area contributed by atoms with Gasteiger partial charge in [0.05, 0.1) is 16.6 Å². The van der Waals surface area contributed by atoms with E-state index in [2.05, 4.69) is 192 Å². The quantitative estimate of drug-likeness (QED) is 0.131. The molecule has 0 radical (unpaired) electrons. The fourth-order valence-corrected chi connectivity index (χ4v) is 12.6. The van der Waals surface area contributed by atoms with Crippen molar-refractivity contribution < 1.29 is 4.57 Å². The van der Waals surface area contributed by atoms with Crippen molar-refractivity contribution >= 4 is 115 Å². The zero-order valence-corrected chi connectivity index (χ0v) is 33.9. The molecule has 0 amide bonds. The molecule has 13 aromatic rings. The second-order valence-electron chi connectivity index (χ2n) is 16.3. The molecule has 2 heterocycles. The van der Waals surface area contributed by atoms with Gasteiger partial charge in [0.25, 0.3) is 0 Å². The summed E-state index contributed by atoms with van der Waals surface area (Å²) in [6.07, 6.45) is 0. The van der Waals surface area contributed by atoms with Crippen LogP contribution in [-0.4, -0.2) is 9.38 Å². The number of nitrogens with zero attached hydrogens (tertiary/aromatic N) is 2. The fourth-order valence-electron chi connectivity index (χ4n) is 9.93. The zero-order chi connectivity index (χ0) is 40.2. The lowest BCUT2D eigenvalue weighted by molar-refractivity contribution is 0.592. The van der Waals surface area contributed by atoms with Crippen molar-refractivity contribution in [3.8, 4) is 11.1 Å². The van der Waals surface area contributed by atoms with Crippen LogP contribution in [0.3, 0.4) is 0 Å². The third-order valence-electron chi connectivity index (χ3n) is 12.9. The Morgan fingerprint density at radius 1 is 0.344 bits per heavy atom. The Morgan fingerprint density at radius 2 is 0.836 bits per heavy atom. The number of para-hydroxylation sites is 2. The average Bonchev–Trinajstić information content (AvgIpc) is 3.73. The van der Waals surface area contributed by atoms with E-state index in [1.807, 2.05) is 24.3 Å². The first kappa shape index (κ1) is 34.3. The van der Waals surface area contributed by atoms with Gasteiger partial charge in [-0.1, -0.05) is 164 Å². The van der Waals surface area contributed by atoms with E-state index >= 15 is 4.57 Å². The number of rotatable bonds is 4. The molecule has 284 valence electrons. The number of hydrogen-bond acceptors (Lipinski definition) is 2. The van der Waals surface area contributed by atoms with Gasteiger partial charge in [-0.25, -0.2) is 4.98 Å². The first-order valence-electron chi connectivity index (χ1n) is 20.8. The molecule has 2 aromatic heterocycles. The highest BCUT2D eigenvalue weighted by molar-refractivity contribution is 7.85. The van der Waals surface area contributed by atoms with Gasteiger partial charge in [0.15, 0.2) is 7.14 Å². The molecule has 0 saturated carbocycles. The van der Waals surface area contributed by atoms with E-state index < -0.39 is 7.14 Å². The van der Waals surface area contributed by atoms with Gasteiger partial charge in [-0.2, -0.15) is 0 Å². The highest BCUT2D eigenvalue weighted by atomic mass is 31.2. The average molecular weight is 795 g/mol. The van der Waals surface area contributed by atoms with Crippen LogP contribution < -0.4 is 15.9 Å². The first-order chi connectivity index (χ1) is 30.1. The summed E-state index contributed by atoms with van der Waals surface area (Å²) in [6, 6.07) is 75.2. The summed E-state index contributed by atoms with van der Waals surface area (Å²) >= 11 is 0. The predicted molar refractivity (Wildman–Crippen MR) is 260 cm³/mol. The molecule has 0 spiro atoms. The molecule has 0 bridgehead atoms. The maximum Gasteiger partial charge on any atom is 0.171 e. The van der Waals surface area contributed by atoms with Gasteiger partial charge in [-0.05, 0) is 114 Å². The number of aromatic nitrogens is 2. The molecule has 0 aliphatic rings. The predicted octanol–water partition coefficient (Wildman–Crippen LogP) is 13.9. The Labute approximate surface area is 351 Å². The number of benzene rings is 11. The molecule has 0 N–H and O–H groups in total. The molecule has 61 heavy (non-hydrogen) atoms. The van der Waals surface area contributed by atoms with E-state index in [0.717, 1.165) is 92.3 Å². The molecular weight excluding hydrogens is 760 g/mol. The Kier molecular flexibility index (Phi) is 7.29. The van der Waals surface area contributed by atoms with Crippen molar-refractivity contribution in [1.29, 1.82) is 0 Å². The van der Waals surface area contributed by atoms with E-state index in [1.165, 1.54) is 26.9 Å². The van der Waals surface area contributed by atoms with Gasteiger partial charge < -0.3 is 4.57 Å². The van der Waals surface area contributed by atoms with Crippen molar-refractivity contribution in [2.75, 3.05) is 0 Å². The molecule has 4 heteroatoms. The molecule has 0 aliphatic carbocycles. The Hall–Kier alpha value is -7.58. The number of hydrogen-bond donors (Lipinski definition) is 0. The first-order valence-corrected chi connectivity index (χ1v) is 22.5. The van der Waals surface area contributed by atoms with Crippen molar-refractivity contribution in [3.63, 3.8) is 0 Å². The van der Waals surface area contributed by atoms with Crippen LogP contribution in [-0.2, 0) is 4.57 Å². The minimum Gasteiger partial charge on any atom is -0.309 e. The minimum atomic E-state index is -3.28.